The zero-order valence-corrected chi connectivity index (χ0v) is 7.43. The first-order valence-electron chi connectivity index (χ1n) is 3.88. The van der Waals surface area contributed by atoms with E-state index in [0.717, 1.165) is 0 Å². The molecule has 14 heavy (non-hydrogen) atoms. The second-order valence-corrected chi connectivity index (χ2v) is 2.73. The number of hydrazine groups is 1. The summed E-state index contributed by atoms with van der Waals surface area (Å²) in [5, 5.41) is 1.20. The Morgan fingerprint density at radius 2 is 2.14 bits per heavy atom. The molecule has 3 N–H and O–H groups in total. The van der Waals surface area contributed by atoms with E-state index < -0.39 is 0 Å². The van der Waals surface area contributed by atoms with E-state index in [1.807, 2.05) is 0 Å². The van der Waals surface area contributed by atoms with E-state index in [1.165, 1.54) is 17.4 Å². The molecule has 2 rings (SSSR count). The fourth-order valence-electron chi connectivity index (χ4n) is 1.03. The van der Waals surface area contributed by atoms with Crippen LogP contribution in [0.5, 0.6) is 0 Å². The molecule has 0 aliphatic rings. The van der Waals surface area contributed by atoms with Crippen LogP contribution in [-0.4, -0.2) is 27.0 Å². The molecule has 0 amide bonds. The predicted molar refractivity (Wildman–Crippen MR) is 50.5 cm³/mol. The van der Waals surface area contributed by atoms with Gasteiger partial charge in [0.25, 0.3) is 5.56 Å². The van der Waals surface area contributed by atoms with Gasteiger partial charge in [0.15, 0.2) is 11.2 Å². The zero-order chi connectivity index (χ0) is 10.1. The van der Waals surface area contributed by atoms with E-state index in [4.69, 9.17) is 5.84 Å². The molecule has 0 bridgehead atoms. The molecule has 0 atom stereocenters. The summed E-state index contributed by atoms with van der Waals surface area (Å²) in [4.78, 5) is 25.7. The Kier molecular flexibility index (Phi) is 1.86. The fourth-order valence-corrected chi connectivity index (χ4v) is 1.03. The summed E-state index contributed by atoms with van der Waals surface area (Å²) in [5.41, 5.74) is 0.136. The summed E-state index contributed by atoms with van der Waals surface area (Å²) in [7, 11) is 1.57. The molecule has 0 spiro atoms. The van der Waals surface area contributed by atoms with Gasteiger partial charge in [-0.15, -0.1) is 0 Å². The van der Waals surface area contributed by atoms with Crippen LogP contribution in [0.3, 0.4) is 0 Å². The second kappa shape index (κ2) is 3.04. The molecule has 0 aromatic carbocycles. The maximum atomic E-state index is 11.4. The summed E-state index contributed by atoms with van der Waals surface area (Å²) in [5.74, 6) is 5.68. The lowest BCUT2D eigenvalue weighted by Gasteiger charge is -2.09. The highest BCUT2D eigenvalue weighted by Gasteiger charge is 2.06. The quantitative estimate of drug-likeness (QED) is 0.445. The van der Waals surface area contributed by atoms with E-state index >= 15 is 0 Å². The molecular formula is C7H8N6O. The first-order valence-corrected chi connectivity index (χ1v) is 3.88. The van der Waals surface area contributed by atoms with Gasteiger partial charge in [0.1, 0.15) is 0 Å². The van der Waals surface area contributed by atoms with E-state index in [0.29, 0.717) is 0 Å². The first-order chi connectivity index (χ1) is 6.68. The van der Waals surface area contributed by atoms with Crippen LogP contribution in [0.15, 0.2) is 17.2 Å². The average Bonchev–Trinajstić information content (AvgIpc) is 2.17. The summed E-state index contributed by atoms with van der Waals surface area (Å²) in [6.45, 7) is 0. The van der Waals surface area contributed by atoms with Gasteiger partial charge in [-0.2, -0.15) is 4.98 Å². The van der Waals surface area contributed by atoms with Crippen LogP contribution in [0.25, 0.3) is 11.2 Å². The normalized spacial score (nSPS) is 10.4. The maximum absolute atomic E-state index is 11.4. The number of aromatic amines is 1. The van der Waals surface area contributed by atoms with Gasteiger partial charge in [0.2, 0.25) is 5.95 Å². The molecule has 72 valence electrons. The predicted octanol–water partition coefficient (Wildman–Crippen LogP) is -0.977. The van der Waals surface area contributed by atoms with Crippen LogP contribution in [0.2, 0.25) is 0 Å². The SMILES string of the molecule is CN(N)c1nc2nccnc2c(=O)[nH]1. The molecule has 7 nitrogen and oxygen atoms in total. The van der Waals surface area contributed by atoms with Crippen molar-refractivity contribution in [3.8, 4) is 0 Å². The highest BCUT2D eigenvalue weighted by molar-refractivity contribution is 5.68. The molecule has 0 saturated carbocycles. The molecule has 2 aromatic heterocycles. The average molecular weight is 192 g/mol. The fraction of sp³-hybridized carbons (Fsp3) is 0.143. The highest BCUT2D eigenvalue weighted by atomic mass is 16.1. The summed E-state index contributed by atoms with van der Waals surface area (Å²) >= 11 is 0. The molecule has 2 aromatic rings. The van der Waals surface area contributed by atoms with Gasteiger partial charge in [-0.05, 0) is 0 Å². The van der Waals surface area contributed by atoms with Crippen molar-refractivity contribution in [1.82, 2.24) is 19.9 Å². The Balaban J connectivity index is 2.79. The van der Waals surface area contributed by atoms with Gasteiger partial charge in [-0.1, -0.05) is 0 Å². The summed E-state index contributed by atoms with van der Waals surface area (Å²) in [6, 6.07) is 0. The third-order valence-corrected chi connectivity index (χ3v) is 1.67. The first kappa shape index (κ1) is 8.57. The monoisotopic (exact) mass is 192 g/mol. The van der Waals surface area contributed by atoms with E-state index in [9.17, 15) is 4.79 Å². The number of hydrogen-bond acceptors (Lipinski definition) is 6. The van der Waals surface area contributed by atoms with Crippen molar-refractivity contribution < 1.29 is 0 Å². The molecule has 0 radical (unpaired) electrons. The third-order valence-electron chi connectivity index (χ3n) is 1.67. The summed E-state index contributed by atoms with van der Waals surface area (Å²) < 4.78 is 0. The van der Waals surface area contributed by atoms with Gasteiger partial charge in [-0.25, -0.2) is 15.8 Å². The number of nitrogens with one attached hydrogen (secondary N) is 1. The number of anilines is 1. The summed E-state index contributed by atoms with van der Waals surface area (Å²) in [6.07, 6.45) is 2.90. The topological polar surface area (TPSA) is 101 Å². The van der Waals surface area contributed by atoms with E-state index in [1.54, 1.807) is 7.05 Å². The van der Waals surface area contributed by atoms with Crippen molar-refractivity contribution in [1.29, 1.82) is 0 Å². The van der Waals surface area contributed by atoms with Gasteiger partial charge >= 0.3 is 0 Å². The van der Waals surface area contributed by atoms with E-state index in [2.05, 4.69) is 19.9 Å². The minimum atomic E-state index is -0.351. The standard InChI is InChI=1S/C7H8N6O/c1-13(8)7-11-5-4(6(14)12-7)9-2-3-10-5/h2-3H,8H2,1H3,(H,10,11,12,14). The lowest BCUT2D eigenvalue weighted by molar-refractivity contribution is 0.924. The minimum Gasteiger partial charge on any atom is -0.289 e. The van der Waals surface area contributed by atoms with Crippen molar-refractivity contribution in [2.45, 2.75) is 0 Å². The van der Waals surface area contributed by atoms with Crippen molar-refractivity contribution >= 4 is 17.1 Å². The van der Waals surface area contributed by atoms with Crippen LogP contribution < -0.4 is 16.4 Å². The molecule has 0 aliphatic carbocycles. The van der Waals surface area contributed by atoms with Gasteiger partial charge in [0.05, 0.1) is 0 Å². The minimum absolute atomic E-state index is 0.207. The smallest absolute Gasteiger partial charge is 0.280 e. The molecule has 0 unspecified atom stereocenters. The van der Waals surface area contributed by atoms with Gasteiger partial charge in [0, 0.05) is 19.4 Å². The van der Waals surface area contributed by atoms with Gasteiger partial charge < -0.3 is 0 Å². The number of rotatable bonds is 1. The highest BCUT2D eigenvalue weighted by Crippen LogP contribution is 2.02. The number of nitrogens with zero attached hydrogens (tertiary/aromatic N) is 4. The van der Waals surface area contributed by atoms with E-state index in [-0.39, 0.29) is 22.7 Å². The molecule has 2 heterocycles. The van der Waals surface area contributed by atoms with Crippen molar-refractivity contribution in [3.05, 3.63) is 22.7 Å². The number of aromatic nitrogens is 4. The number of nitrogens with two attached hydrogens (primary N) is 1. The molecule has 7 heteroatoms. The Hall–Kier alpha value is -2.02. The van der Waals surface area contributed by atoms with Crippen molar-refractivity contribution in [3.63, 3.8) is 0 Å². The number of fused-ring (bicyclic) bond motifs is 1. The Morgan fingerprint density at radius 3 is 2.86 bits per heavy atom. The molecule has 0 aliphatic heterocycles. The lowest BCUT2D eigenvalue weighted by atomic mass is 10.5. The van der Waals surface area contributed by atoms with Crippen LogP contribution >= 0.6 is 0 Å². The molecule has 0 saturated heterocycles. The Labute approximate surface area is 78.6 Å². The zero-order valence-electron chi connectivity index (χ0n) is 7.43. The van der Waals surface area contributed by atoms with Crippen LogP contribution in [0.1, 0.15) is 0 Å². The maximum Gasteiger partial charge on any atom is 0.280 e. The number of H-pyrrole nitrogens is 1. The Morgan fingerprint density at radius 1 is 1.43 bits per heavy atom. The van der Waals surface area contributed by atoms with Gasteiger partial charge in [-0.3, -0.25) is 14.8 Å². The molecular weight excluding hydrogens is 184 g/mol. The van der Waals surface area contributed by atoms with Crippen molar-refractivity contribution in [2.24, 2.45) is 5.84 Å². The lowest BCUT2D eigenvalue weighted by Crippen LogP contribution is -2.29. The second-order valence-electron chi connectivity index (χ2n) is 2.73. The third kappa shape index (κ3) is 1.29. The van der Waals surface area contributed by atoms with Crippen molar-refractivity contribution in [2.75, 3.05) is 12.1 Å². The molecule has 0 fully saturated rings. The van der Waals surface area contributed by atoms with Crippen LogP contribution in [0.4, 0.5) is 5.95 Å². The van der Waals surface area contributed by atoms with Crippen LogP contribution in [-0.2, 0) is 0 Å². The number of hydrogen-bond donors (Lipinski definition) is 2. The van der Waals surface area contributed by atoms with Crippen LogP contribution in [0, 0.1) is 0 Å². The largest absolute Gasteiger partial charge is 0.289 e. The Bertz CT molecular complexity index is 519.